The Morgan fingerprint density at radius 2 is 1.91 bits per heavy atom. The van der Waals surface area contributed by atoms with Gasteiger partial charge >= 0.3 is 0 Å². The van der Waals surface area contributed by atoms with E-state index in [4.69, 9.17) is 0 Å². The van der Waals surface area contributed by atoms with Gasteiger partial charge in [-0.05, 0) is 41.9 Å². The van der Waals surface area contributed by atoms with Gasteiger partial charge in [-0.25, -0.2) is 5.43 Å². The highest BCUT2D eigenvalue weighted by molar-refractivity contribution is 7.98. The average Bonchev–Trinajstić information content (AvgIpc) is 3.37. The number of carbonyl (C=O) groups is 1. The van der Waals surface area contributed by atoms with Crippen LogP contribution >= 0.6 is 11.8 Å². The van der Waals surface area contributed by atoms with Gasteiger partial charge in [-0.15, -0.1) is 11.8 Å². The van der Waals surface area contributed by atoms with E-state index in [1.807, 2.05) is 48.7 Å². The first kappa shape index (κ1) is 14.9. The van der Waals surface area contributed by atoms with Crippen LogP contribution in [0.4, 0.5) is 0 Å². The number of nitrogens with zero attached hydrogens (tertiary/aromatic N) is 1. The third kappa shape index (κ3) is 3.57. The standard InChI is InChI=1S/C18H18N2OS/c1-22-15-9-7-13(8-10-15)12-19-20-18(21)17-11-16(17)14-5-3-2-4-6-14/h2-10,12,16-17H,11H2,1H3,(H,20,21)/b19-12-/t16-,17-/m0/s1. The van der Waals surface area contributed by atoms with Crippen molar-refractivity contribution in [3.63, 3.8) is 0 Å². The van der Waals surface area contributed by atoms with Crippen LogP contribution in [0.2, 0.25) is 0 Å². The smallest absolute Gasteiger partial charge is 0.243 e. The molecule has 3 rings (SSSR count). The Morgan fingerprint density at radius 1 is 1.18 bits per heavy atom. The number of hydrogen-bond acceptors (Lipinski definition) is 3. The molecule has 1 saturated carbocycles. The summed E-state index contributed by atoms with van der Waals surface area (Å²) in [6.45, 7) is 0. The van der Waals surface area contributed by atoms with Crippen molar-refractivity contribution in [3.05, 3.63) is 65.7 Å². The van der Waals surface area contributed by atoms with E-state index in [-0.39, 0.29) is 11.8 Å². The quantitative estimate of drug-likeness (QED) is 0.520. The second-order valence-corrected chi connectivity index (χ2v) is 6.25. The molecule has 0 heterocycles. The molecule has 4 heteroatoms. The molecule has 2 aromatic carbocycles. The largest absolute Gasteiger partial charge is 0.273 e. The van der Waals surface area contributed by atoms with Crippen molar-refractivity contribution in [1.29, 1.82) is 0 Å². The van der Waals surface area contributed by atoms with E-state index >= 15 is 0 Å². The zero-order valence-electron chi connectivity index (χ0n) is 12.4. The van der Waals surface area contributed by atoms with Gasteiger partial charge in [0.2, 0.25) is 5.91 Å². The molecule has 22 heavy (non-hydrogen) atoms. The second kappa shape index (κ2) is 6.79. The Hall–Kier alpha value is -2.07. The van der Waals surface area contributed by atoms with Gasteiger partial charge in [0.1, 0.15) is 0 Å². The molecule has 1 aliphatic carbocycles. The van der Waals surface area contributed by atoms with E-state index in [1.54, 1.807) is 18.0 Å². The average molecular weight is 310 g/mol. The van der Waals surface area contributed by atoms with Crippen molar-refractivity contribution in [3.8, 4) is 0 Å². The summed E-state index contributed by atoms with van der Waals surface area (Å²) < 4.78 is 0. The first-order chi connectivity index (χ1) is 10.8. The lowest BCUT2D eigenvalue weighted by Gasteiger charge is -2.00. The Morgan fingerprint density at radius 3 is 2.59 bits per heavy atom. The predicted molar refractivity (Wildman–Crippen MR) is 91.2 cm³/mol. The van der Waals surface area contributed by atoms with Gasteiger partial charge in [0.15, 0.2) is 0 Å². The van der Waals surface area contributed by atoms with Gasteiger partial charge in [-0.1, -0.05) is 42.5 Å². The van der Waals surface area contributed by atoms with E-state index in [2.05, 4.69) is 22.7 Å². The third-order valence-corrected chi connectivity index (χ3v) is 4.60. The van der Waals surface area contributed by atoms with Gasteiger partial charge in [-0.2, -0.15) is 5.10 Å². The number of benzene rings is 2. The molecule has 112 valence electrons. The van der Waals surface area contributed by atoms with Crippen LogP contribution in [0.5, 0.6) is 0 Å². The molecular formula is C18H18N2OS. The Bertz CT molecular complexity index is 667. The summed E-state index contributed by atoms with van der Waals surface area (Å²) in [5, 5.41) is 4.06. The van der Waals surface area contributed by atoms with Crippen LogP contribution in [0.3, 0.4) is 0 Å². The summed E-state index contributed by atoms with van der Waals surface area (Å²) in [7, 11) is 0. The number of carbonyl (C=O) groups excluding carboxylic acids is 1. The van der Waals surface area contributed by atoms with Crippen LogP contribution in [0, 0.1) is 5.92 Å². The minimum absolute atomic E-state index is 0.00540. The third-order valence-electron chi connectivity index (χ3n) is 3.86. The Balaban J connectivity index is 1.51. The highest BCUT2D eigenvalue weighted by Crippen LogP contribution is 2.47. The number of rotatable bonds is 5. The number of amides is 1. The molecule has 3 nitrogen and oxygen atoms in total. The Kier molecular flexibility index (Phi) is 4.59. The number of thioether (sulfide) groups is 1. The molecule has 0 saturated heterocycles. The van der Waals surface area contributed by atoms with Crippen molar-refractivity contribution in [2.24, 2.45) is 11.0 Å². The summed E-state index contributed by atoms with van der Waals surface area (Å²) >= 11 is 1.70. The molecule has 1 N–H and O–H groups in total. The van der Waals surface area contributed by atoms with Crippen molar-refractivity contribution in [2.45, 2.75) is 17.2 Å². The first-order valence-electron chi connectivity index (χ1n) is 7.30. The maximum absolute atomic E-state index is 12.1. The molecule has 0 unspecified atom stereocenters. The molecular weight excluding hydrogens is 292 g/mol. The summed E-state index contributed by atoms with van der Waals surface area (Å²) in [5.41, 5.74) is 4.86. The fourth-order valence-electron chi connectivity index (χ4n) is 2.50. The number of hydrazone groups is 1. The lowest BCUT2D eigenvalue weighted by molar-refractivity contribution is -0.122. The van der Waals surface area contributed by atoms with Crippen molar-refractivity contribution >= 4 is 23.9 Å². The van der Waals surface area contributed by atoms with Gasteiger partial charge < -0.3 is 0 Å². The van der Waals surface area contributed by atoms with E-state index in [0.29, 0.717) is 5.92 Å². The zero-order valence-corrected chi connectivity index (χ0v) is 13.2. The molecule has 2 aromatic rings. The highest BCUT2D eigenvalue weighted by Gasteiger charge is 2.43. The maximum Gasteiger partial charge on any atom is 0.243 e. The molecule has 1 fully saturated rings. The molecule has 0 bridgehead atoms. The monoisotopic (exact) mass is 310 g/mol. The van der Waals surface area contributed by atoms with Crippen LogP contribution in [-0.2, 0) is 4.79 Å². The SMILES string of the molecule is CSc1ccc(/C=N\NC(=O)[C@H]2C[C@H]2c2ccccc2)cc1. The number of nitrogens with one attached hydrogen (secondary N) is 1. The van der Waals surface area contributed by atoms with E-state index in [1.165, 1.54) is 10.5 Å². The first-order valence-corrected chi connectivity index (χ1v) is 8.52. The minimum Gasteiger partial charge on any atom is -0.273 e. The molecule has 0 aromatic heterocycles. The Labute approximate surface area is 134 Å². The number of hydrogen-bond donors (Lipinski definition) is 1. The van der Waals surface area contributed by atoms with E-state index in [0.717, 1.165) is 12.0 Å². The van der Waals surface area contributed by atoms with Gasteiger partial charge in [0.05, 0.1) is 6.21 Å². The summed E-state index contributed by atoms with van der Waals surface area (Å²) in [4.78, 5) is 13.3. The van der Waals surface area contributed by atoms with E-state index in [9.17, 15) is 4.79 Å². The van der Waals surface area contributed by atoms with E-state index < -0.39 is 0 Å². The van der Waals surface area contributed by atoms with Crippen LogP contribution in [0.15, 0.2) is 64.6 Å². The van der Waals surface area contributed by atoms with Crippen LogP contribution < -0.4 is 5.43 Å². The van der Waals surface area contributed by atoms with Crippen molar-refractivity contribution in [1.82, 2.24) is 5.43 Å². The zero-order chi connectivity index (χ0) is 15.4. The summed E-state index contributed by atoms with van der Waals surface area (Å²) in [6, 6.07) is 18.2. The predicted octanol–water partition coefficient (Wildman–Crippen LogP) is 3.66. The molecule has 0 spiro atoms. The van der Waals surface area contributed by atoms with Crippen LogP contribution in [0.1, 0.15) is 23.5 Å². The fraction of sp³-hybridized carbons (Fsp3) is 0.222. The van der Waals surface area contributed by atoms with Crippen molar-refractivity contribution < 1.29 is 4.79 Å². The topological polar surface area (TPSA) is 41.5 Å². The lowest BCUT2D eigenvalue weighted by Crippen LogP contribution is -2.20. The molecule has 2 atom stereocenters. The van der Waals surface area contributed by atoms with Gasteiger partial charge in [0.25, 0.3) is 0 Å². The molecule has 1 aliphatic rings. The van der Waals surface area contributed by atoms with Crippen molar-refractivity contribution in [2.75, 3.05) is 6.26 Å². The fourth-order valence-corrected chi connectivity index (χ4v) is 2.90. The summed E-state index contributed by atoms with van der Waals surface area (Å²) in [5.74, 6) is 0.404. The van der Waals surface area contributed by atoms with Crippen LogP contribution in [0.25, 0.3) is 0 Å². The molecule has 0 aliphatic heterocycles. The normalized spacial score (nSPS) is 20.0. The summed E-state index contributed by atoms with van der Waals surface area (Å²) in [6.07, 6.45) is 4.64. The highest BCUT2D eigenvalue weighted by atomic mass is 32.2. The van der Waals surface area contributed by atoms with Crippen LogP contribution in [-0.4, -0.2) is 18.4 Å². The second-order valence-electron chi connectivity index (χ2n) is 5.37. The minimum atomic E-state index is 0.00540. The maximum atomic E-state index is 12.1. The molecule has 0 radical (unpaired) electrons. The molecule has 1 amide bonds. The van der Waals surface area contributed by atoms with Gasteiger partial charge in [-0.3, -0.25) is 4.79 Å². The lowest BCUT2D eigenvalue weighted by atomic mass is 10.1. The van der Waals surface area contributed by atoms with Gasteiger partial charge in [0, 0.05) is 10.8 Å².